The minimum absolute atomic E-state index is 0.0289. The van der Waals surface area contributed by atoms with E-state index in [1.54, 1.807) is 12.1 Å². The number of halogens is 1. The molecule has 3 nitrogen and oxygen atoms in total. The number of nitrogens with one attached hydrogen (secondary N) is 1. The average molecular weight is 352 g/mol. The molecule has 0 spiro atoms. The lowest BCUT2D eigenvalue weighted by Crippen LogP contribution is -2.01. The molecule has 0 amide bonds. The Labute approximate surface area is 120 Å². The molecule has 0 saturated carbocycles. The van der Waals surface area contributed by atoms with E-state index in [9.17, 15) is 4.79 Å². The van der Waals surface area contributed by atoms with Crippen LogP contribution in [0.2, 0.25) is 0 Å². The molecule has 0 aliphatic heterocycles. The summed E-state index contributed by atoms with van der Waals surface area (Å²) in [6.45, 7) is 1.51. The number of carbonyl (C=O) groups excluding carboxylic acids is 1. The third-order valence-electron chi connectivity index (χ3n) is 2.57. The Hall–Kier alpha value is -1.56. The highest BCUT2D eigenvalue weighted by Gasteiger charge is 2.05. The lowest BCUT2D eigenvalue weighted by molar-refractivity contribution is 0.101. The molecular formula is C14H13IN2O. The summed E-state index contributed by atoms with van der Waals surface area (Å²) >= 11 is 2.26. The van der Waals surface area contributed by atoms with E-state index in [2.05, 4.69) is 27.9 Å². The minimum Gasteiger partial charge on any atom is -0.398 e. The summed E-state index contributed by atoms with van der Waals surface area (Å²) in [5.41, 5.74) is 8.65. The van der Waals surface area contributed by atoms with Crippen LogP contribution in [0.1, 0.15) is 17.3 Å². The molecule has 0 radical (unpaired) electrons. The van der Waals surface area contributed by atoms with Crippen molar-refractivity contribution in [3.63, 3.8) is 0 Å². The number of hydrogen-bond acceptors (Lipinski definition) is 3. The fourth-order valence-corrected chi connectivity index (χ4v) is 2.00. The minimum atomic E-state index is -0.0289. The van der Waals surface area contributed by atoms with Gasteiger partial charge in [0, 0.05) is 26.2 Å². The van der Waals surface area contributed by atoms with E-state index in [0.29, 0.717) is 11.3 Å². The summed E-state index contributed by atoms with van der Waals surface area (Å²) in [4.78, 5) is 11.4. The molecule has 0 fully saturated rings. The Morgan fingerprint density at radius 1 is 1.11 bits per heavy atom. The van der Waals surface area contributed by atoms with E-state index in [4.69, 9.17) is 5.73 Å². The first kappa shape index (κ1) is 12.9. The van der Waals surface area contributed by atoms with Crippen LogP contribution in [0.3, 0.4) is 0 Å². The van der Waals surface area contributed by atoms with Gasteiger partial charge in [0.05, 0.1) is 0 Å². The van der Waals surface area contributed by atoms with Gasteiger partial charge in [0.15, 0.2) is 5.78 Å². The molecule has 3 N–H and O–H groups in total. The summed E-state index contributed by atoms with van der Waals surface area (Å²) < 4.78 is 1.18. The maximum atomic E-state index is 11.4. The van der Waals surface area contributed by atoms with Crippen LogP contribution in [0.25, 0.3) is 0 Å². The number of rotatable bonds is 3. The van der Waals surface area contributed by atoms with E-state index >= 15 is 0 Å². The Balaban J connectivity index is 2.27. The standard InChI is InChI=1S/C14H13IN2O/c1-9(18)13-8-12(6-7-14(13)16)17-11-4-2-10(15)3-5-11/h2-8,17H,16H2,1H3. The number of nitrogens with two attached hydrogens (primary N) is 1. The summed E-state index contributed by atoms with van der Waals surface area (Å²) in [6.07, 6.45) is 0. The number of hydrogen-bond donors (Lipinski definition) is 2. The summed E-state index contributed by atoms with van der Waals surface area (Å²) in [6, 6.07) is 13.4. The molecule has 0 aliphatic rings. The van der Waals surface area contributed by atoms with Gasteiger partial charge in [0.25, 0.3) is 0 Å². The second-order valence-electron chi connectivity index (χ2n) is 3.99. The number of carbonyl (C=O) groups is 1. The Morgan fingerprint density at radius 2 is 1.72 bits per heavy atom. The van der Waals surface area contributed by atoms with Crippen molar-refractivity contribution in [2.45, 2.75) is 6.92 Å². The molecule has 0 unspecified atom stereocenters. The van der Waals surface area contributed by atoms with Crippen molar-refractivity contribution >= 4 is 45.4 Å². The Morgan fingerprint density at radius 3 is 2.33 bits per heavy atom. The first-order chi connectivity index (χ1) is 8.56. The van der Waals surface area contributed by atoms with Crippen molar-refractivity contribution in [3.8, 4) is 0 Å². The molecule has 0 atom stereocenters. The second-order valence-corrected chi connectivity index (χ2v) is 5.24. The van der Waals surface area contributed by atoms with Gasteiger partial charge in [-0.25, -0.2) is 0 Å². The van der Waals surface area contributed by atoms with Crippen molar-refractivity contribution in [2.24, 2.45) is 0 Å². The van der Waals surface area contributed by atoms with E-state index in [0.717, 1.165) is 11.4 Å². The molecule has 0 aromatic heterocycles. The van der Waals surface area contributed by atoms with E-state index in [1.165, 1.54) is 10.5 Å². The van der Waals surface area contributed by atoms with Crippen LogP contribution < -0.4 is 11.1 Å². The molecule has 0 heterocycles. The molecule has 0 bridgehead atoms. The predicted molar refractivity (Wildman–Crippen MR) is 83.3 cm³/mol. The van der Waals surface area contributed by atoms with E-state index in [1.807, 2.05) is 30.3 Å². The van der Waals surface area contributed by atoms with Crippen LogP contribution in [-0.4, -0.2) is 5.78 Å². The number of ketones is 1. The molecule has 2 aromatic rings. The maximum Gasteiger partial charge on any atom is 0.161 e. The van der Waals surface area contributed by atoms with Crippen molar-refractivity contribution in [1.82, 2.24) is 0 Å². The third kappa shape index (κ3) is 3.01. The highest BCUT2D eigenvalue weighted by atomic mass is 127. The normalized spacial score (nSPS) is 10.1. The van der Waals surface area contributed by atoms with Crippen LogP contribution in [0.15, 0.2) is 42.5 Å². The van der Waals surface area contributed by atoms with Crippen molar-refractivity contribution in [3.05, 3.63) is 51.6 Å². The topological polar surface area (TPSA) is 55.1 Å². The Bertz CT molecular complexity index is 579. The third-order valence-corrected chi connectivity index (χ3v) is 3.28. The molecular weight excluding hydrogens is 339 g/mol. The molecule has 4 heteroatoms. The van der Waals surface area contributed by atoms with Crippen molar-refractivity contribution < 1.29 is 4.79 Å². The van der Waals surface area contributed by atoms with Crippen LogP contribution >= 0.6 is 22.6 Å². The number of anilines is 3. The predicted octanol–water partition coefficient (Wildman–Crippen LogP) is 3.82. The highest BCUT2D eigenvalue weighted by Crippen LogP contribution is 2.22. The molecule has 18 heavy (non-hydrogen) atoms. The summed E-state index contributed by atoms with van der Waals surface area (Å²) in [5, 5.41) is 3.24. The van der Waals surface area contributed by atoms with Gasteiger partial charge >= 0.3 is 0 Å². The average Bonchev–Trinajstić information content (AvgIpc) is 2.34. The fourth-order valence-electron chi connectivity index (χ4n) is 1.64. The van der Waals surface area contributed by atoms with Gasteiger partial charge in [0.1, 0.15) is 0 Å². The zero-order chi connectivity index (χ0) is 13.1. The van der Waals surface area contributed by atoms with Crippen LogP contribution in [0.5, 0.6) is 0 Å². The smallest absolute Gasteiger partial charge is 0.161 e. The molecule has 0 saturated heterocycles. The fraction of sp³-hybridized carbons (Fsp3) is 0.0714. The zero-order valence-corrected chi connectivity index (χ0v) is 12.1. The van der Waals surface area contributed by atoms with Gasteiger partial charge in [0.2, 0.25) is 0 Å². The number of nitrogen functional groups attached to an aromatic ring is 1. The number of benzene rings is 2. The van der Waals surface area contributed by atoms with Gasteiger partial charge in [-0.3, -0.25) is 4.79 Å². The van der Waals surface area contributed by atoms with Crippen molar-refractivity contribution in [2.75, 3.05) is 11.1 Å². The van der Waals surface area contributed by atoms with Gasteiger partial charge in [-0.1, -0.05) is 0 Å². The van der Waals surface area contributed by atoms with Gasteiger partial charge in [-0.15, -0.1) is 0 Å². The lowest BCUT2D eigenvalue weighted by atomic mass is 10.1. The lowest BCUT2D eigenvalue weighted by Gasteiger charge is -2.09. The van der Waals surface area contributed by atoms with Crippen LogP contribution in [0, 0.1) is 3.57 Å². The molecule has 92 valence electrons. The van der Waals surface area contributed by atoms with Gasteiger partial charge in [-0.2, -0.15) is 0 Å². The second kappa shape index (κ2) is 5.39. The van der Waals surface area contributed by atoms with Crippen LogP contribution in [-0.2, 0) is 0 Å². The van der Waals surface area contributed by atoms with Crippen molar-refractivity contribution in [1.29, 1.82) is 0 Å². The zero-order valence-electron chi connectivity index (χ0n) is 9.91. The summed E-state index contributed by atoms with van der Waals surface area (Å²) in [7, 11) is 0. The summed E-state index contributed by atoms with van der Waals surface area (Å²) in [5.74, 6) is -0.0289. The SMILES string of the molecule is CC(=O)c1cc(Nc2ccc(I)cc2)ccc1N. The van der Waals surface area contributed by atoms with Gasteiger partial charge in [-0.05, 0) is 72.0 Å². The van der Waals surface area contributed by atoms with E-state index < -0.39 is 0 Å². The van der Waals surface area contributed by atoms with Crippen LogP contribution in [0.4, 0.5) is 17.1 Å². The Kier molecular flexibility index (Phi) is 3.86. The largest absolute Gasteiger partial charge is 0.398 e. The monoisotopic (exact) mass is 352 g/mol. The number of Topliss-reactive ketones (excluding diaryl/α,β-unsaturated/α-hetero) is 1. The molecule has 2 rings (SSSR count). The first-order valence-electron chi connectivity index (χ1n) is 5.49. The van der Waals surface area contributed by atoms with Gasteiger partial charge < -0.3 is 11.1 Å². The first-order valence-corrected chi connectivity index (χ1v) is 6.57. The highest BCUT2D eigenvalue weighted by molar-refractivity contribution is 14.1. The molecule has 0 aliphatic carbocycles. The molecule has 2 aromatic carbocycles. The van der Waals surface area contributed by atoms with E-state index in [-0.39, 0.29) is 5.78 Å². The quantitative estimate of drug-likeness (QED) is 0.502. The maximum absolute atomic E-state index is 11.4.